The van der Waals surface area contributed by atoms with Gasteiger partial charge in [0.25, 0.3) is 0 Å². The van der Waals surface area contributed by atoms with Gasteiger partial charge in [-0.2, -0.15) is 0 Å². The van der Waals surface area contributed by atoms with E-state index in [1.165, 1.54) is 5.56 Å². The number of ether oxygens (including phenoxy) is 3. The number of aromatic nitrogens is 3. The summed E-state index contributed by atoms with van der Waals surface area (Å²) in [7, 11) is 0. The predicted octanol–water partition coefficient (Wildman–Crippen LogP) is 4.43. The highest BCUT2D eigenvalue weighted by molar-refractivity contribution is 6.00. The molecule has 1 fully saturated rings. The number of Topliss-reactive ketones (excluding diaryl/α,β-unsaturated/α-hetero) is 1. The van der Waals surface area contributed by atoms with Gasteiger partial charge in [-0.1, -0.05) is 35.0 Å². The molecule has 2 aliphatic rings. The number of aliphatic hydroxyl groups is 1. The van der Waals surface area contributed by atoms with E-state index < -0.39 is 17.3 Å². The van der Waals surface area contributed by atoms with Crippen molar-refractivity contribution >= 4 is 11.9 Å². The van der Waals surface area contributed by atoms with Crippen LogP contribution >= 0.6 is 0 Å². The van der Waals surface area contributed by atoms with E-state index in [1.54, 1.807) is 34.0 Å². The van der Waals surface area contributed by atoms with E-state index in [2.05, 4.69) is 10.3 Å². The third kappa shape index (κ3) is 6.44. The molecule has 5 rings (SSSR count). The Kier molecular flexibility index (Phi) is 7.55. The van der Waals surface area contributed by atoms with Crippen molar-refractivity contribution in [1.82, 2.24) is 19.9 Å². The van der Waals surface area contributed by atoms with E-state index in [0.29, 0.717) is 43.0 Å². The van der Waals surface area contributed by atoms with Crippen LogP contribution in [0.4, 0.5) is 4.79 Å². The molecule has 1 spiro atoms. The summed E-state index contributed by atoms with van der Waals surface area (Å²) < 4.78 is 19.3. The molecule has 1 N–H and O–H groups in total. The van der Waals surface area contributed by atoms with Crippen LogP contribution in [0.5, 0.6) is 11.5 Å². The normalized spacial score (nSPS) is 17.2. The van der Waals surface area contributed by atoms with Crippen LogP contribution in [0.3, 0.4) is 0 Å². The first-order chi connectivity index (χ1) is 19.0. The second kappa shape index (κ2) is 10.9. The number of carbonyl (C=O) groups is 2. The number of likely N-dealkylation sites (tertiary alicyclic amines) is 1. The fourth-order valence-electron chi connectivity index (χ4n) is 4.97. The lowest BCUT2D eigenvalue weighted by Crippen LogP contribution is -2.52. The number of amides is 1. The number of hydrogen-bond donors (Lipinski definition) is 1. The zero-order valence-corrected chi connectivity index (χ0v) is 23.4. The predicted molar refractivity (Wildman–Crippen MR) is 147 cm³/mol. The molecule has 212 valence electrons. The number of fused-ring (bicyclic) bond motifs is 1. The van der Waals surface area contributed by atoms with Crippen LogP contribution in [0.25, 0.3) is 11.3 Å². The Morgan fingerprint density at radius 2 is 1.88 bits per heavy atom. The molecule has 0 saturated carbocycles. The quantitative estimate of drug-likeness (QED) is 0.481. The van der Waals surface area contributed by atoms with Gasteiger partial charge in [0.1, 0.15) is 41.1 Å². The van der Waals surface area contributed by atoms with Crippen molar-refractivity contribution in [3.63, 3.8) is 0 Å². The number of ketones is 1. The van der Waals surface area contributed by atoms with E-state index >= 15 is 0 Å². The van der Waals surface area contributed by atoms with E-state index in [9.17, 15) is 14.7 Å². The Morgan fingerprint density at radius 1 is 1.15 bits per heavy atom. The zero-order valence-electron chi connectivity index (χ0n) is 23.4. The number of aryl methyl sites for hydroxylation is 1. The lowest BCUT2D eigenvalue weighted by molar-refractivity contribution is -0.0227. The van der Waals surface area contributed by atoms with Gasteiger partial charge in [0.2, 0.25) is 0 Å². The zero-order chi connectivity index (χ0) is 28.5. The summed E-state index contributed by atoms with van der Waals surface area (Å²) in [6.07, 6.45) is 1.95. The van der Waals surface area contributed by atoms with Crippen molar-refractivity contribution in [2.24, 2.45) is 0 Å². The fourth-order valence-corrected chi connectivity index (χ4v) is 4.97. The molecular formula is C30H36N4O6. The van der Waals surface area contributed by atoms with Crippen molar-refractivity contribution in [1.29, 1.82) is 0 Å². The largest absolute Gasteiger partial charge is 0.491 e. The van der Waals surface area contributed by atoms with Gasteiger partial charge in [-0.15, -0.1) is 5.10 Å². The fraction of sp³-hybridized carbons (Fsp3) is 0.467. The summed E-state index contributed by atoms with van der Waals surface area (Å²) in [5, 5.41) is 18.9. The van der Waals surface area contributed by atoms with Gasteiger partial charge in [-0.25, -0.2) is 9.48 Å². The molecule has 0 aliphatic carbocycles. The monoisotopic (exact) mass is 548 g/mol. The number of aliphatic hydroxyl groups excluding tert-OH is 1. The Labute approximate surface area is 233 Å². The minimum absolute atomic E-state index is 0.00844. The molecule has 3 aromatic rings. The van der Waals surface area contributed by atoms with Crippen LogP contribution < -0.4 is 9.47 Å². The van der Waals surface area contributed by atoms with Crippen LogP contribution in [0.1, 0.15) is 56.0 Å². The maximum absolute atomic E-state index is 13.0. The smallest absolute Gasteiger partial charge is 0.410 e. The van der Waals surface area contributed by atoms with Gasteiger partial charge < -0.3 is 24.2 Å². The molecule has 0 radical (unpaired) electrons. The molecule has 0 unspecified atom stereocenters. The molecule has 1 aromatic heterocycles. The van der Waals surface area contributed by atoms with Gasteiger partial charge in [-0.3, -0.25) is 4.79 Å². The molecule has 3 heterocycles. The van der Waals surface area contributed by atoms with Gasteiger partial charge in [0.15, 0.2) is 5.78 Å². The van der Waals surface area contributed by atoms with Crippen LogP contribution in [0, 0.1) is 6.92 Å². The van der Waals surface area contributed by atoms with Crippen molar-refractivity contribution in [3.05, 3.63) is 59.8 Å². The van der Waals surface area contributed by atoms with E-state index in [0.717, 1.165) is 11.3 Å². The minimum Gasteiger partial charge on any atom is -0.491 e. The summed E-state index contributed by atoms with van der Waals surface area (Å²) in [6, 6.07) is 13.1. The molecule has 10 heteroatoms. The number of hydrogen-bond acceptors (Lipinski definition) is 8. The first-order valence-corrected chi connectivity index (χ1v) is 13.6. The standard InChI is InChI=1S/C30H36N4O6/c1-20-5-7-21(8-6-20)25-18-34(32-31-25)17-22(35)19-38-23-9-10-24-26(36)16-30(39-27(24)15-23)11-13-33(14-12-30)28(37)40-29(2,3)4/h5-10,15,18,22,35H,11-14,16-17,19H2,1-4H3/t22-/m1/s1. The Balaban J connectivity index is 1.17. The van der Waals surface area contributed by atoms with E-state index in [4.69, 9.17) is 14.2 Å². The maximum atomic E-state index is 13.0. The SMILES string of the molecule is Cc1ccc(-c2cn(C[C@@H](O)COc3ccc4c(c3)OC3(CCN(C(=O)OC(C)(C)C)CC3)CC4=O)nn2)cc1. The molecule has 2 aliphatic heterocycles. The lowest BCUT2D eigenvalue weighted by atomic mass is 9.82. The lowest BCUT2D eigenvalue weighted by Gasteiger charge is -2.44. The number of piperidine rings is 1. The highest BCUT2D eigenvalue weighted by Gasteiger charge is 2.44. The second-order valence-corrected chi connectivity index (χ2v) is 11.7. The number of benzene rings is 2. The first-order valence-electron chi connectivity index (χ1n) is 13.6. The molecule has 0 bridgehead atoms. The van der Waals surface area contributed by atoms with Crippen molar-refractivity contribution < 1.29 is 28.9 Å². The van der Waals surface area contributed by atoms with Crippen molar-refractivity contribution in [3.8, 4) is 22.8 Å². The van der Waals surface area contributed by atoms with Crippen LogP contribution in [-0.4, -0.2) is 73.9 Å². The number of rotatable bonds is 6. The van der Waals surface area contributed by atoms with E-state index in [1.807, 2.05) is 52.0 Å². The minimum atomic E-state index is -0.824. The van der Waals surface area contributed by atoms with Crippen LogP contribution in [-0.2, 0) is 11.3 Å². The van der Waals surface area contributed by atoms with Crippen LogP contribution in [0.2, 0.25) is 0 Å². The Hall–Kier alpha value is -3.92. The Morgan fingerprint density at radius 3 is 2.58 bits per heavy atom. The molecule has 40 heavy (non-hydrogen) atoms. The van der Waals surface area contributed by atoms with Gasteiger partial charge in [-0.05, 0) is 39.8 Å². The maximum Gasteiger partial charge on any atom is 0.410 e. The van der Waals surface area contributed by atoms with Gasteiger partial charge in [0, 0.05) is 37.6 Å². The molecule has 1 amide bonds. The summed E-state index contributed by atoms with van der Waals surface area (Å²) in [6.45, 7) is 8.70. The van der Waals surface area contributed by atoms with Crippen LogP contribution in [0.15, 0.2) is 48.7 Å². The Bertz CT molecular complexity index is 1370. The van der Waals surface area contributed by atoms with E-state index in [-0.39, 0.29) is 31.4 Å². The molecule has 1 atom stereocenters. The van der Waals surface area contributed by atoms with Crippen molar-refractivity contribution in [2.45, 2.75) is 70.8 Å². The number of carbonyl (C=O) groups excluding carboxylic acids is 2. The average Bonchev–Trinajstić information content (AvgIpc) is 3.35. The first kappa shape index (κ1) is 27.6. The molecule has 2 aromatic carbocycles. The second-order valence-electron chi connectivity index (χ2n) is 11.7. The summed E-state index contributed by atoms with van der Waals surface area (Å²) in [5.41, 5.74) is 2.14. The average molecular weight is 549 g/mol. The third-order valence-corrected chi connectivity index (χ3v) is 7.12. The summed E-state index contributed by atoms with van der Waals surface area (Å²) in [4.78, 5) is 27.1. The highest BCUT2D eigenvalue weighted by Crippen LogP contribution is 2.41. The summed E-state index contributed by atoms with van der Waals surface area (Å²) in [5.74, 6) is 0.967. The summed E-state index contributed by atoms with van der Waals surface area (Å²) >= 11 is 0. The molecular weight excluding hydrogens is 512 g/mol. The molecule has 10 nitrogen and oxygen atoms in total. The van der Waals surface area contributed by atoms with Gasteiger partial charge >= 0.3 is 6.09 Å². The highest BCUT2D eigenvalue weighted by atomic mass is 16.6. The number of nitrogens with zero attached hydrogens (tertiary/aromatic N) is 4. The molecule has 1 saturated heterocycles. The van der Waals surface area contributed by atoms with Gasteiger partial charge in [0.05, 0.1) is 24.7 Å². The topological polar surface area (TPSA) is 116 Å². The van der Waals surface area contributed by atoms with Crippen molar-refractivity contribution in [2.75, 3.05) is 19.7 Å². The third-order valence-electron chi connectivity index (χ3n) is 7.12.